The minimum Gasteiger partial charge on any atom is -0.378 e. The number of benzene rings is 2. The molecule has 1 fully saturated rings. The van der Waals surface area contributed by atoms with Crippen molar-refractivity contribution in [2.45, 2.75) is 6.29 Å². The van der Waals surface area contributed by atoms with Crippen molar-refractivity contribution in [3.63, 3.8) is 0 Å². The first kappa shape index (κ1) is 19.3. The van der Waals surface area contributed by atoms with Crippen molar-refractivity contribution in [2.75, 3.05) is 26.3 Å². The second kappa shape index (κ2) is 7.53. The number of morpholine rings is 1. The Morgan fingerprint density at radius 2 is 1.94 bits per heavy atom. The Balaban J connectivity index is 1.62. The van der Waals surface area contributed by atoms with Crippen molar-refractivity contribution >= 4 is 45.4 Å². The van der Waals surface area contributed by atoms with E-state index in [1.807, 2.05) is 24.3 Å². The van der Waals surface area contributed by atoms with Gasteiger partial charge in [-0.3, -0.25) is 20.3 Å². The van der Waals surface area contributed by atoms with Crippen LogP contribution in [0.4, 0.5) is 0 Å². The van der Waals surface area contributed by atoms with Crippen LogP contribution in [0.15, 0.2) is 41.5 Å². The number of hydrogen-bond donors (Lipinski definition) is 4. The molecule has 1 atom stereocenters. The average molecular weight is 418 g/mol. The highest BCUT2D eigenvalue weighted by Crippen LogP contribution is 2.32. The van der Waals surface area contributed by atoms with Gasteiger partial charge < -0.3 is 25.7 Å². The van der Waals surface area contributed by atoms with Gasteiger partial charge in [-0.25, -0.2) is 0 Å². The van der Waals surface area contributed by atoms with E-state index in [1.54, 1.807) is 23.4 Å². The van der Waals surface area contributed by atoms with Gasteiger partial charge in [0.2, 0.25) is 0 Å². The van der Waals surface area contributed by atoms with Crippen LogP contribution in [0.5, 0.6) is 0 Å². The maximum Gasteiger partial charge on any atom is 0.254 e. The van der Waals surface area contributed by atoms with Crippen molar-refractivity contribution in [3.05, 3.63) is 53.2 Å². The standard InChI is InChI=1S/C22H22N6O3/c23-20(29)17-8-13(14-10-25-22(24)26-11-14)7-16-15-2-1-12(9-18(15)27-19(16)17)21(30)28-3-5-31-6-4-28/h1-2,7-11,22,25,27H,3-6,24H2,(H2,23,29). The van der Waals surface area contributed by atoms with Crippen LogP contribution in [0.1, 0.15) is 26.3 Å². The van der Waals surface area contributed by atoms with E-state index in [1.165, 1.54) is 0 Å². The summed E-state index contributed by atoms with van der Waals surface area (Å²) in [6, 6.07) is 9.23. The number of nitrogens with zero attached hydrogens (tertiary/aromatic N) is 2. The minimum absolute atomic E-state index is 0.0364. The summed E-state index contributed by atoms with van der Waals surface area (Å²) < 4.78 is 5.33. The summed E-state index contributed by atoms with van der Waals surface area (Å²) in [5, 5.41) is 4.69. The molecular formula is C22H22N6O3. The highest BCUT2D eigenvalue weighted by Gasteiger charge is 2.21. The Hall–Kier alpha value is -3.69. The molecule has 1 unspecified atom stereocenters. The molecule has 1 aromatic heterocycles. The minimum atomic E-state index is -0.541. The zero-order chi connectivity index (χ0) is 21.5. The predicted octanol–water partition coefficient (Wildman–Crippen LogP) is 1.15. The van der Waals surface area contributed by atoms with Crippen LogP contribution in [0.3, 0.4) is 0 Å². The molecule has 2 aliphatic rings. The highest BCUT2D eigenvalue weighted by atomic mass is 16.5. The number of nitrogens with two attached hydrogens (primary N) is 2. The van der Waals surface area contributed by atoms with Gasteiger partial charge in [0.1, 0.15) is 0 Å². The predicted molar refractivity (Wildman–Crippen MR) is 119 cm³/mol. The zero-order valence-corrected chi connectivity index (χ0v) is 16.7. The van der Waals surface area contributed by atoms with Crippen LogP contribution in [-0.2, 0) is 4.74 Å². The molecule has 9 nitrogen and oxygen atoms in total. The number of carbonyl (C=O) groups excluding carboxylic acids is 2. The number of H-pyrrole nitrogens is 1. The largest absolute Gasteiger partial charge is 0.378 e. The molecule has 0 radical (unpaired) electrons. The van der Waals surface area contributed by atoms with Gasteiger partial charge in [-0.2, -0.15) is 0 Å². The van der Waals surface area contributed by atoms with Gasteiger partial charge in [-0.15, -0.1) is 0 Å². The summed E-state index contributed by atoms with van der Waals surface area (Å²) in [5.41, 5.74) is 15.3. The smallest absolute Gasteiger partial charge is 0.254 e. The quantitative estimate of drug-likeness (QED) is 0.505. The number of ether oxygens (including phenoxy) is 1. The number of rotatable bonds is 3. The molecule has 1 saturated heterocycles. The Bertz CT molecular complexity index is 1270. The van der Waals surface area contributed by atoms with E-state index in [0.29, 0.717) is 42.9 Å². The number of nitrogens with one attached hydrogen (secondary N) is 2. The lowest BCUT2D eigenvalue weighted by Gasteiger charge is -2.26. The third-order valence-corrected chi connectivity index (χ3v) is 5.64. The van der Waals surface area contributed by atoms with Gasteiger partial charge in [0.25, 0.3) is 11.8 Å². The number of primary amides is 1. The second-order valence-electron chi connectivity index (χ2n) is 7.59. The maximum atomic E-state index is 12.9. The van der Waals surface area contributed by atoms with Crippen LogP contribution in [0.2, 0.25) is 0 Å². The third-order valence-electron chi connectivity index (χ3n) is 5.64. The van der Waals surface area contributed by atoms with Crippen molar-refractivity contribution < 1.29 is 14.3 Å². The molecule has 2 amide bonds. The first-order chi connectivity index (χ1) is 15.0. The summed E-state index contributed by atoms with van der Waals surface area (Å²) in [6.45, 7) is 2.24. The van der Waals surface area contributed by atoms with Crippen LogP contribution < -0.4 is 16.8 Å². The highest BCUT2D eigenvalue weighted by molar-refractivity contribution is 6.19. The lowest BCUT2D eigenvalue weighted by atomic mass is 9.99. The van der Waals surface area contributed by atoms with Gasteiger partial charge >= 0.3 is 0 Å². The monoisotopic (exact) mass is 418 g/mol. The topological polar surface area (TPSA) is 139 Å². The normalized spacial score (nSPS) is 18.8. The second-order valence-corrected chi connectivity index (χ2v) is 7.59. The van der Waals surface area contributed by atoms with E-state index in [0.717, 1.165) is 27.4 Å². The Kier molecular flexibility index (Phi) is 4.68. The number of hydrogen-bond acceptors (Lipinski definition) is 6. The number of carbonyl (C=O) groups is 2. The fourth-order valence-corrected chi connectivity index (χ4v) is 4.02. The fraction of sp³-hybridized carbons (Fsp3) is 0.227. The summed E-state index contributed by atoms with van der Waals surface area (Å²) in [4.78, 5) is 34.3. The van der Waals surface area contributed by atoms with Gasteiger partial charge in [-0.05, 0) is 29.8 Å². The lowest BCUT2D eigenvalue weighted by molar-refractivity contribution is 0.0303. The van der Waals surface area contributed by atoms with E-state index in [9.17, 15) is 9.59 Å². The summed E-state index contributed by atoms with van der Waals surface area (Å²) in [6.07, 6.45) is 2.94. The molecule has 0 bridgehead atoms. The Labute approximate surface area is 177 Å². The number of aromatic nitrogens is 1. The third kappa shape index (κ3) is 3.43. The molecule has 3 aromatic rings. The summed E-state index contributed by atoms with van der Waals surface area (Å²) >= 11 is 0. The number of amides is 2. The molecule has 0 spiro atoms. The SMILES string of the molecule is NC(=O)c1cc(C2=CNC(N)N=C2)cc2c1[nH]c1cc(C(=O)N3CCOCC3)ccc12. The van der Waals surface area contributed by atoms with Gasteiger partial charge in [0.15, 0.2) is 6.29 Å². The van der Waals surface area contributed by atoms with E-state index in [2.05, 4.69) is 15.3 Å². The number of aromatic amines is 1. The van der Waals surface area contributed by atoms with Gasteiger partial charge in [-0.1, -0.05) is 6.07 Å². The molecule has 5 rings (SSSR count). The first-order valence-electron chi connectivity index (χ1n) is 10.0. The van der Waals surface area contributed by atoms with Gasteiger partial charge in [0, 0.05) is 52.9 Å². The molecule has 2 aliphatic heterocycles. The maximum absolute atomic E-state index is 12.9. The zero-order valence-electron chi connectivity index (χ0n) is 16.7. The Morgan fingerprint density at radius 3 is 2.65 bits per heavy atom. The van der Waals surface area contributed by atoms with Crippen molar-refractivity contribution in [3.8, 4) is 0 Å². The van der Waals surface area contributed by atoms with E-state index >= 15 is 0 Å². The molecule has 158 valence electrons. The van der Waals surface area contributed by atoms with E-state index in [4.69, 9.17) is 16.2 Å². The van der Waals surface area contributed by atoms with Gasteiger partial charge in [0.05, 0.1) is 24.3 Å². The molecule has 31 heavy (non-hydrogen) atoms. The summed E-state index contributed by atoms with van der Waals surface area (Å²) in [7, 11) is 0. The molecular weight excluding hydrogens is 396 g/mol. The molecule has 0 aliphatic carbocycles. The summed E-state index contributed by atoms with van der Waals surface area (Å²) in [5.74, 6) is -0.577. The molecule has 9 heteroatoms. The van der Waals surface area contributed by atoms with E-state index in [-0.39, 0.29) is 5.91 Å². The van der Waals surface area contributed by atoms with Crippen LogP contribution >= 0.6 is 0 Å². The Morgan fingerprint density at radius 1 is 1.13 bits per heavy atom. The number of allylic oxidation sites excluding steroid dienone is 1. The average Bonchev–Trinajstić information content (AvgIpc) is 3.16. The van der Waals surface area contributed by atoms with Crippen LogP contribution in [0.25, 0.3) is 27.4 Å². The molecule has 3 heterocycles. The first-order valence-corrected chi connectivity index (χ1v) is 10.0. The van der Waals surface area contributed by atoms with Crippen LogP contribution in [-0.4, -0.2) is 60.5 Å². The lowest BCUT2D eigenvalue weighted by Crippen LogP contribution is -2.40. The van der Waals surface area contributed by atoms with Crippen molar-refractivity contribution in [1.29, 1.82) is 0 Å². The molecule has 2 aromatic carbocycles. The fourth-order valence-electron chi connectivity index (χ4n) is 4.02. The molecule has 6 N–H and O–H groups in total. The number of fused-ring (bicyclic) bond motifs is 3. The van der Waals surface area contributed by atoms with E-state index < -0.39 is 12.2 Å². The molecule has 0 saturated carbocycles. The van der Waals surface area contributed by atoms with Crippen molar-refractivity contribution in [2.24, 2.45) is 16.5 Å². The number of aliphatic imine (C=N–C) groups is 1. The van der Waals surface area contributed by atoms with Crippen LogP contribution in [0, 0.1) is 0 Å². The van der Waals surface area contributed by atoms with Crippen molar-refractivity contribution in [1.82, 2.24) is 15.2 Å².